The van der Waals surface area contributed by atoms with Gasteiger partial charge in [-0.1, -0.05) is 5.16 Å². The largest absolute Gasteiger partial charge is 0.364 e. The summed E-state index contributed by atoms with van der Waals surface area (Å²) in [4.78, 5) is 14.6. The molecule has 0 bridgehead atoms. The highest BCUT2D eigenvalue weighted by Gasteiger charge is 2.42. The molecule has 3 fully saturated rings. The quantitative estimate of drug-likeness (QED) is 0.912. The second-order valence-electron chi connectivity index (χ2n) is 7.27. The molecule has 1 aromatic heterocycles. The molecule has 1 N–H and O–H groups in total. The van der Waals surface area contributed by atoms with Crippen molar-refractivity contribution >= 4 is 5.91 Å². The van der Waals surface area contributed by atoms with Crippen LogP contribution in [0.1, 0.15) is 42.7 Å². The SMILES string of the molecule is Cc1noc(C)c1CN1CC[C@@H]2C[C@@H](C(=O)NC3CC3)O[C@H]2C1. The summed E-state index contributed by atoms with van der Waals surface area (Å²) in [6, 6.07) is 0.407. The molecule has 0 radical (unpaired) electrons. The standard InChI is InChI=1S/C17H25N3O3/c1-10-14(11(2)23-19-10)8-20-6-5-12-7-15(22-16(12)9-20)17(21)18-13-3-4-13/h12-13,15-16H,3-9H2,1-2H3,(H,18,21)/t12-,15+,16+/m1/s1. The van der Waals surface area contributed by atoms with Crippen LogP contribution in [0.25, 0.3) is 0 Å². The van der Waals surface area contributed by atoms with E-state index in [0.717, 1.165) is 56.8 Å². The van der Waals surface area contributed by atoms with E-state index in [4.69, 9.17) is 9.26 Å². The number of ether oxygens (including phenoxy) is 1. The minimum Gasteiger partial charge on any atom is -0.364 e. The van der Waals surface area contributed by atoms with Gasteiger partial charge in [-0.3, -0.25) is 9.69 Å². The number of piperidine rings is 1. The second-order valence-corrected chi connectivity index (χ2v) is 7.27. The van der Waals surface area contributed by atoms with Crippen molar-refractivity contribution < 1.29 is 14.1 Å². The first-order chi connectivity index (χ1) is 11.1. The van der Waals surface area contributed by atoms with Crippen molar-refractivity contribution in [3.63, 3.8) is 0 Å². The predicted molar refractivity (Wildman–Crippen MR) is 83.8 cm³/mol. The van der Waals surface area contributed by atoms with Gasteiger partial charge in [0.15, 0.2) is 0 Å². The highest BCUT2D eigenvalue weighted by molar-refractivity contribution is 5.81. The Balaban J connectivity index is 1.35. The number of amides is 1. The van der Waals surface area contributed by atoms with E-state index in [1.165, 1.54) is 5.56 Å². The van der Waals surface area contributed by atoms with Crippen LogP contribution in [0.15, 0.2) is 4.52 Å². The minimum absolute atomic E-state index is 0.0965. The monoisotopic (exact) mass is 319 g/mol. The maximum Gasteiger partial charge on any atom is 0.249 e. The first-order valence-electron chi connectivity index (χ1n) is 8.70. The van der Waals surface area contributed by atoms with Crippen LogP contribution in [0, 0.1) is 19.8 Å². The summed E-state index contributed by atoms with van der Waals surface area (Å²) in [7, 11) is 0. The maximum atomic E-state index is 12.2. The van der Waals surface area contributed by atoms with Crippen LogP contribution in [0.5, 0.6) is 0 Å². The lowest BCUT2D eigenvalue weighted by molar-refractivity contribution is -0.133. The normalized spacial score (nSPS) is 31.1. The number of fused-ring (bicyclic) bond motifs is 1. The zero-order chi connectivity index (χ0) is 16.0. The van der Waals surface area contributed by atoms with Gasteiger partial charge >= 0.3 is 0 Å². The fraction of sp³-hybridized carbons (Fsp3) is 0.765. The van der Waals surface area contributed by atoms with Crippen LogP contribution in [0.2, 0.25) is 0 Å². The van der Waals surface area contributed by atoms with Crippen molar-refractivity contribution in [3.05, 3.63) is 17.0 Å². The summed E-state index contributed by atoms with van der Waals surface area (Å²) in [5.74, 6) is 1.52. The molecule has 2 aliphatic heterocycles. The molecule has 1 aliphatic carbocycles. The molecule has 3 heterocycles. The fourth-order valence-electron chi connectivity index (χ4n) is 3.78. The number of hydrogen-bond acceptors (Lipinski definition) is 5. The van der Waals surface area contributed by atoms with Crippen molar-refractivity contribution in [2.24, 2.45) is 5.92 Å². The minimum atomic E-state index is -0.246. The summed E-state index contributed by atoms with van der Waals surface area (Å²) in [5, 5.41) is 7.10. The Morgan fingerprint density at radius 3 is 2.87 bits per heavy atom. The van der Waals surface area contributed by atoms with Crippen molar-refractivity contribution in [1.29, 1.82) is 0 Å². The molecule has 4 rings (SSSR count). The van der Waals surface area contributed by atoms with Gasteiger partial charge in [-0.15, -0.1) is 0 Å². The number of nitrogens with one attached hydrogen (secondary N) is 1. The summed E-state index contributed by atoms with van der Waals surface area (Å²) in [5.41, 5.74) is 2.16. The molecule has 126 valence electrons. The predicted octanol–water partition coefficient (Wildman–Crippen LogP) is 1.55. The van der Waals surface area contributed by atoms with Crippen LogP contribution in [0.3, 0.4) is 0 Å². The van der Waals surface area contributed by atoms with Crippen LogP contribution in [-0.2, 0) is 16.1 Å². The zero-order valence-corrected chi connectivity index (χ0v) is 13.9. The Morgan fingerprint density at radius 1 is 1.35 bits per heavy atom. The topological polar surface area (TPSA) is 67.6 Å². The lowest BCUT2D eigenvalue weighted by atomic mass is 9.91. The first-order valence-corrected chi connectivity index (χ1v) is 8.70. The summed E-state index contributed by atoms with van der Waals surface area (Å²) < 4.78 is 11.3. The third kappa shape index (κ3) is 3.15. The smallest absolute Gasteiger partial charge is 0.249 e. The van der Waals surface area contributed by atoms with E-state index >= 15 is 0 Å². The molecule has 1 amide bonds. The van der Waals surface area contributed by atoms with E-state index in [9.17, 15) is 4.79 Å². The first kappa shape index (κ1) is 15.1. The molecule has 1 aromatic rings. The van der Waals surface area contributed by atoms with Crippen LogP contribution < -0.4 is 5.32 Å². The van der Waals surface area contributed by atoms with Crippen molar-refractivity contribution in [1.82, 2.24) is 15.4 Å². The number of likely N-dealkylation sites (tertiary alicyclic amines) is 1. The molecule has 23 heavy (non-hydrogen) atoms. The Kier molecular flexibility index (Phi) is 3.89. The highest BCUT2D eigenvalue weighted by Crippen LogP contribution is 2.34. The molecular weight excluding hydrogens is 294 g/mol. The van der Waals surface area contributed by atoms with Crippen molar-refractivity contribution in [2.75, 3.05) is 13.1 Å². The number of hydrogen-bond donors (Lipinski definition) is 1. The Bertz CT molecular complexity index is 576. The van der Waals surface area contributed by atoms with Crippen LogP contribution in [0.4, 0.5) is 0 Å². The third-order valence-electron chi connectivity index (χ3n) is 5.42. The van der Waals surface area contributed by atoms with Crippen molar-refractivity contribution in [3.8, 4) is 0 Å². The lowest BCUT2D eigenvalue weighted by Crippen LogP contribution is -2.42. The molecule has 6 nitrogen and oxygen atoms in total. The second kappa shape index (κ2) is 5.91. The summed E-state index contributed by atoms with van der Waals surface area (Å²) in [6.45, 7) is 6.75. The molecule has 0 unspecified atom stereocenters. The lowest BCUT2D eigenvalue weighted by Gasteiger charge is -2.33. The van der Waals surface area contributed by atoms with Gasteiger partial charge in [0.2, 0.25) is 5.91 Å². The van der Waals surface area contributed by atoms with E-state index < -0.39 is 0 Å². The summed E-state index contributed by atoms with van der Waals surface area (Å²) >= 11 is 0. The average Bonchev–Trinajstić information content (AvgIpc) is 3.15. The molecule has 3 aliphatic rings. The Hall–Kier alpha value is -1.40. The van der Waals surface area contributed by atoms with Gasteiger partial charge in [-0.2, -0.15) is 0 Å². The Labute approximate surface area is 136 Å². The van der Waals surface area contributed by atoms with Gasteiger partial charge < -0.3 is 14.6 Å². The summed E-state index contributed by atoms with van der Waals surface area (Å²) in [6.07, 6.45) is 4.15. The molecule has 0 spiro atoms. The average molecular weight is 319 g/mol. The highest BCUT2D eigenvalue weighted by atomic mass is 16.5. The molecular formula is C17H25N3O3. The maximum absolute atomic E-state index is 12.2. The van der Waals surface area contributed by atoms with E-state index in [0.29, 0.717) is 12.0 Å². The Morgan fingerprint density at radius 2 is 2.17 bits per heavy atom. The van der Waals surface area contributed by atoms with E-state index in [-0.39, 0.29) is 18.1 Å². The number of aromatic nitrogens is 1. The van der Waals surface area contributed by atoms with E-state index in [1.54, 1.807) is 0 Å². The molecule has 1 saturated carbocycles. The number of rotatable bonds is 4. The molecule has 3 atom stereocenters. The van der Waals surface area contributed by atoms with E-state index in [2.05, 4.69) is 15.4 Å². The van der Waals surface area contributed by atoms with Gasteiger partial charge in [0.1, 0.15) is 11.9 Å². The number of nitrogens with zero attached hydrogens (tertiary/aromatic N) is 2. The van der Waals surface area contributed by atoms with Gasteiger partial charge in [-0.25, -0.2) is 0 Å². The fourth-order valence-corrected chi connectivity index (χ4v) is 3.78. The van der Waals surface area contributed by atoms with Gasteiger partial charge in [0.25, 0.3) is 0 Å². The van der Waals surface area contributed by atoms with Gasteiger partial charge in [-0.05, 0) is 52.0 Å². The van der Waals surface area contributed by atoms with Crippen LogP contribution >= 0.6 is 0 Å². The van der Waals surface area contributed by atoms with Crippen molar-refractivity contribution in [2.45, 2.75) is 64.3 Å². The number of aryl methyl sites for hydroxylation is 2. The zero-order valence-electron chi connectivity index (χ0n) is 13.9. The van der Waals surface area contributed by atoms with Crippen LogP contribution in [-0.4, -0.2) is 47.3 Å². The molecule has 6 heteroatoms. The van der Waals surface area contributed by atoms with Gasteiger partial charge in [0.05, 0.1) is 11.8 Å². The number of carbonyl (C=O) groups is 1. The third-order valence-corrected chi connectivity index (χ3v) is 5.42. The number of carbonyl (C=O) groups excluding carboxylic acids is 1. The van der Waals surface area contributed by atoms with E-state index in [1.807, 2.05) is 13.8 Å². The molecule has 2 saturated heterocycles. The molecule has 0 aromatic carbocycles. The van der Waals surface area contributed by atoms with Gasteiger partial charge in [0, 0.05) is 24.7 Å².